The molecule has 18 heavy (non-hydrogen) atoms. The van der Waals surface area contributed by atoms with Gasteiger partial charge in [0.2, 0.25) is 0 Å². The molecule has 0 aromatic heterocycles. The summed E-state index contributed by atoms with van der Waals surface area (Å²) in [6.45, 7) is 2.47. The third-order valence-corrected chi connectivity index (χ3v) is 3.00. The largest absolute Gasteiger partial charge is 0.348 e. The van der Waals surface area contributed by atoms with Crippen LogP contribution in [0.3, 0.4) is 0 Å². The molecular weight excluding hydrogens is 255 g/mol. The van der Waals surface area contributed by atoms with E-state index in [0.717, 1.165) is 19.3 Å². The Morgan fingerprint density at radius 3 is 2.83 bits per heavy atom. The van der Waals surface area contributed by atoms with E-state index in [-0.39, 0.29) is 17.0 Å². The maximum atomic E-state index is 13.0. The fourth-order valence-corrected chi connectivity index (χ4v) is 1.79. The van der Waals surface area contributed by atoms with Gasteiger partial charge in [0.25, 0.3) is 5.91 Å². The number of carbonyl (C=O) groups is 1. The van der Waals surface area contributed by atoms with Crippen molar-refractivity contribution in [1.29, 1.82) is 0 Å². The number of nitrogens with one attached hydrogen (secondary N) is 1. The van der Waals surface area contributed by atoms with Crippen molar-refractivity contribution < 1.29 is 9.18 Å². The van der Waals surface area contributed by atoms with Gasteiger partial charge >= 0.3 is 0 Å². The van der Waals surface area contributed by atoms with E-state index in [1.165, 1.54) is 18.2 Å². The number of hydrogen-bond donors (Lipinski definition) is 2. The Morgan fingerprint density at radius 1 is 1.56 bits per heavy atom. The summed E-state index contributed by atoms with van der Waals surface area (Å²) in [5.74, 6) is -0.807. The second-order valence-corrected chi connectivity index (χ2v) is 4.58. The summed E-state index contributed by atoms with van der Waals surface area (Å²) in [6, 6.07) is 3.85. The van der Waals surface area contributed by atoms with Crippen LogP contribution in [-0.4, -0.2) is 18.5 Å². The first-order valence-electron chi connectivity index (χ1n) is 6.04. The number of carbonyl (C=O) groups excluding carboxylic acids is 1. The van der Waals surface area contributed by atoms with E-state index >= 15 is 0 Å². The normalized spacial score (nSPS) is 12.2. The third-order valence-electron chi connectivity index (χ3n) is 2.71. The molecule has 0 aliphatic heterocycles. The zero-order chi connectivity index (χ0) is 13.5. The lowest BCUT2D eigenvalue weighted by molar-refractivity contribution is 0.0935. The molecule has 0 heterocycles. The molecule has 1 amide bonds. The van der Waals surface area contributed by atoms with Crippen molar-refractivity contribution in [2.75, 3.05) is 6.54 Å². The van der Waals surface area contributed by atoms with Crippen LogP contribution in [0.25, 0.3) is 0 Å². The summed E-state index contributed by atoms with van der Waals surface area (Å²) in [5.41, 5.74) is 5.94. The molecule has 3 nitrogen and oxygen atoms in total. The Morgan fingerprint density at radius 2 is 2.28 bits per heavy atom. The quantitative estimate of drug-likeness (QED) is 0.837. The van der Waals surface area contributed by atoms with E-state index in [2.05, 4.69) is 12.2 Å². The van der Waals surface area contributed by atoms with E-state index in [1.807, 2.05) is 0 Å². The highest BCUT2D eigenvalue weighted by Gasteiger charge is 2.13. The maximum absolute atomic E-state index is 13.0. The average Bonchev–Trinajstić information content (AvgIpc) is 2.37. The Kier molecular flexibility index (Phi) is 6.09. The number of amides is 1. The van der Waals surface area contributed by atoms with Crippen LogP contribution in [0.2, 0.25) is 5.02 Å². The van der Waals surface area contributed by atoms with E-state index in [9.17, 15) is 9.18 Å². The fraction of sp³-hybridized carbons (Fsp3) is 0.462. The summed E-state index contributed by atoms with van der Waals surface area (Å²) in [7, 11) is 0. The molecule has 0 bridgehead atoms. The number of hydrogen-bond acceptors (Lipinski definition) is 2. The second kappa shape index (κ2) is 7.34. The van der Waals surface area contributed by atoms with Crippen LogP contribution in [0.1, 0.15) is 36.5 Å². The first kappa shape index (κ1) is 14.9. The van der Waals surface area contributed by atoms with Crippen LogP contribution in [0.15, 0.2) is 18.2 Å². The fourth-order valence-electron chi connectivity index (χ4n) is 1.61. The van der Waals surface area contributed by atoms with E-state index in [4.69, 9.17) is 17.3 Å². The molecule has 100 valence electrons. The van der Waals surface area contributed by atoms with Gasteiger partial charge in [-0.15, -0.1) is 0 Å². The number of halogens is 2. The molecule has 1 atom stereocenters. The van der Waals surface area contributed by atoms with Gasteiger partial charge in [-0.05, 0) is 24.6 Å². The van der Waals surface area contributed by atoms with Gasteiger partial charge < -0.3 is 11.1 Å². The van der Waals surface area contributed by atoms with Crippen LogP contribution in [0.5, 0.6) is 0 Å². The highest BCUT2D eigenvalue weighted by molar-refractivity contribution is 6.31. The van der Waals surface area contributed by atoms with Crippen molar-refractivity contribution in [3.63, 3.8) is 0 Å². The lowest BCUT2D eigenvalue weighted by Crippen LogP contribution is -2.40. The standard InChI is InChI=1S/C13H18ClFN2O/c1-2-3-4-10(8-16)17-13(18)9-5-6-12(15)11(14)7-9/h5-7,10H,2-4,8,16H2,1H3,(H,17,18). The minimum atomic E-state index is -0.533. The van der Waals surface area contributed by atoms with Crippen molar-refractivity contribution in [3.8, 4) is 0 Å². The highest BCUT2D eigenvalue weighted by atomic mass is 35.5. The van der Waals surface area contributed by atoms with Crippen LogP contribution in [0.4, 0.5) is 4.39 Å². The van der Waals surface area contributed by atoms with Crippen LogP contribution >= 0.6 is 11.6 Å². The van der Waals surface area contributed by atoms with Gasteiger partial charge in [-0.1, -0.05) is 31.4 Å². The molecule has 1 unspecified atom stereocenters. The smallest absolute Gasteiger partial charge is 0.251 e. The molecule has 1 aromatic carbocycles. The Hall–Kier alpha value is -1.13. The topological polar surface area (TPSA) is 55.1 Å². The average molecular weight is 273 g/mol. The zero-order valence-corrected chi connectivity index (χ0v) is 11.1. The Bertz CT molecular complexity index is 412. The van der Waals surface area contributed by atoms with Crippen LogP contribution < -0.4 is 11.1 Å². The highest BCUT2D eigenvalue weighted by Crippen LogP contribution is 2.16. The van der Waals surface area contributed by atoms with Crippen molar-refractivity contribution in [1.82, 2.24) is 5.32 Å². The van der Waals surface area contributed by atoms with Gasteiger partial charge in [0.15, 0.2) is 0 Å². The minimum Gasteiger partial charge on any atom is -0.348 e. The molecule has 1 rings (SSSR count). The molecule has 3 N–H and O–H groups in total. The molecule has 1 aromatic rings. The summed E-state index contributed by atoms with van der Waals surface area (Å²) >= 11 is 5.63. The van der Waals surface area contributed by atoms with E-state index in [1.54, 1.807) is 0 Å². The lowest BCUT2D eigenvalue weighted by Gasteiger charge is -2.16. The Balaban J connectivity index is 2.65. The first-order chi connectivity index (χ1) is 8.58. The lowest BCUT2D eigenvalue weighted by atomic mass is 10.1. The molecule has 0 saturated heterocycles. The van der Waals surface area contributed by atoms with Gasteiger partial charge in [-0.2, -0.15) is 0 Å². The second-order valence-electron chi connectivity index (χ2n) is 4.18. The number of nitrogens with two attached hydrogens (primary N) is 1. The summed E-state index contributed by atoms with van der Waals surface area (Å²) in [5, 5.41) is 2.76. The molecule has 0 aliphatic rings. The number of rotatable bonds is 6. The molecule has 0 aliphatic carbocycles. The van der Waals surface area contributed by atoms with Gasteiger partial charge in [-0.25, -0.2) is 4.39 Å². The monoisotopic (exact) mass is 272 g/mol. The van der Waals surface area contributed by atoms with Crippen molar-refractivity contribution >= 4 is 17.5 Å². The number of unbranched alkanes of at least 4 members (excludes halogenated alkanes) is 1. The minimum absolute atomic E-state index is 0.0544. The summed E-state index contributed by atoms with van der Waals surface area (Å²) < 4.78 is 13.0. The molecule has 0 radical (unpaired) electrons. The third kappa shape index (κ3) is 4.27. The first-order valence-corrected chi connectivity index (χ1v) is 6.42. The maximum Gasteiger partial charge on any atom is 0.251 e. The predicted octanol–water partition coefficient (Wildman–Crippen LogP) is 2.73. The predicted molar refractivity (Wildman–Crippen MR) is 71.2 cm³/mol. The van der Waals surface area contributed by atoms with Crippen molar-refractivity contribution in [3.05, 3.63) is 34.6 Å². The molecule has 0 fully saturated rings. The molecule has 5 heteroatoms. The summed E-state index contributed by atoms with van der Waals surface area (Å²) in [4.78, 5) is 11.9. The van der Waals surface area contributed by atoms with Crippen LogP contribution in [-0.2, 0) is 0 Å². The SMILES string of the molecule is CCCCC(CN)NC(=O)c1ccc(F)c(Cl)c1. The zero-order valence-electron chi connectivity index (χ0n) is 10.4. The van der Waals surface area contributed by atoms with Gasteiger partial charge in [0.05, 0.1) is 5.02 Å². The van der Waals surface area contributed by atoms with Crippen molar-refractivity contribution in [2.45, 2.75) is 32.2 Å². The van der Waals surface area contributed by atoms with E-state index in [0.29, 0.717) is 12.1 Å². The van der Waals surface area contributed by atoms with Gasteiger partial charge in [0.1, 0.15) is 5.82 Å². The molecular formula is C13H18ClFN2O. The van der Waals surface area contributed by atoms with E-state index < -0.39 is 5.82 Å². The Labute approximate surface area is 112 Å². The molecule has 0 saturated carbocycles. The van der Waals surface area contributed by atoms with Gasteiger partial charge in [-0.3, -0.25) is 4.79 Å². The van der Waals surface area contributed by atoms with Crippen LogP contribution in [0, 0.1) is 5.82 Å². The molecule has 0 spiro atoms. The number of benzene rings is 1. The summed E-state index contributed by atoms with van der Waals surface area (Å²) in [6.07, 6.45) is 2.90. The van der Waals surface area contributed by atoms with Gasteiger partial charge in [0, 0.05) is 18.2 Å². The van der Waals surface area contributed by atoms with Crippen molar-refractivity contribution in [2.24, 2.45) is 5.73 Å².